The normalized spacial score (nSPS) is 13.2. The van der Waals surface area contributed by atoms with Crippen LogP contribution in [-0.2, 0) is 0 Å². The second kappa shape index (κ2) is 9.36. The molecule has 0 aromatic carbocycles. The quantitative estimate of drug-likeness (QED) is 0.570. The van der Waals surface area contributed by atoms with Gasteiger partial charge in [-0.3, -0.25) is 0 Å². The van der Waals surface area contributed by atoms with Gasteiger partial charge in [-0.2, -0.15) is 11.8 Å². The lowest BCUT2D eigenvalue weighted by molar-refractivity contribution is 0.239. The second-order valence-corrected chi connectivity index (χ2v) is 3.93. The fourth-order valence-electron chi connectivity index (χ4n) is 1.02. The minimum Gasteiger partial charge on any atom is -0.395 e. The van der Waals surface area contributed by atoms with Crippen LogP contribution in [0.3, 0.4) is 0 Å². The third kappa shape index (κ3) is 6.95. The predicted molar refractivity (Wildman–Crippen MR) is 56.8 cm³/mol. The van der Waals surface area contributed by atoms with Gasteiger partial charge in [0.1, 0.15) is 0 Å². The van der Waals surface area contributed by atoms with Crippen LogP contribution in [0, 0.1) is 0 Å². The van der Waals surface area contributed by atoms with E-state index in [1.54, 1.807) is 0 Å². The predicted octanol–water partition coefficient (Wildman–Crippen LogP) is 1.49. The van der Waals surface area contributed by atoms with Crippen LogP contribution in [-0.4, -0.2) is 36.3 Å². The highest BCUT2D eigenvalue weighted by atomic mass is 32.2. The van der Waals surface area contributed by atoms with E-state index < -0.39 is 0 Å². The van der Waals surface area contributed by atoms with E-state index in [-0.39, 0.29) is 6.61 Å². The van der Waals surface area contributed by atoms with Crippen molar-refractivity contribution in [1.29, 1.82) is 0 Å². The molecule has 0 rings (SSSR count). The number of unbranched alkanes of at least 4 members (excludes halogenated alkanes) is 1. The molecule has 0 fully saturated rings. The van der Waals surface area contributed by atoms with Crippen LogP contribution in [0.15, 0.2) is 0 Å². The molecule has 3 heteroatoms. The minimum absolute atomic E-state index is 0.263. The molecule has 0 saturated carbocycles. The Hall–Kier alpha value is 0.270. The van der Waals surface area contributed by atoms with Crippen LogP contribution in [0.25, 0.3) is 0 Å². The fraction of sp³-hybridized carbons (Fsp3) is 1.00. The Bertz CT molecular complexity index is 86.6. The molecule has 0 aliphatic heterocycles. The molecule has 0 aromatic rings. The second-order valence-electron chi connectivity index (χ2n) is 2.94. The topological polar surface area (TPSA) is 32.3 Å². The summed E-state index contributed by atoms with van der Waals surface area (Å²) >= 11 is 1.89. The summed E-state index contributed by atoms with van der Waals surface area (Å²) in [5.41, 5.74) is 0. The molecule has 0 bridgehead atoms. The van der Waals surface area contributed by atoms with Crippen LogP contribution in [0.4, 0.5) is 0 Å². The van der Waals surface area contributed by atoms with Gasteiger partial charge in [-0.15, -0.1) is 0 Å². The Labute approximate surface area is 80.1 Å². The van der Waals surface area contributed by atoms with Gasteiger partial charge < -0.3 is 10.4 Å². The molecular formula is C9H21NOS. The molecule has 0 unspecified atom stereocenters. The Morgan fingerprint density at radius 3 is 2.67 bits per heavy atom. The first-order valence-electron chi connectivity index (χ1n) is 4.68. The van der Waals surface area contributed by atoms with E-state index in [2.05, 4.69) is 18.5 Å². The summed E-state index contributed by atoms with van der Waals surface area (Å²) in [6.07, 6.45) is 5.64. The Kier molecular flexibility index (Phi) is 9.57. The van der Waals surface area contributed by atoms with Gasteiger partial charge in [0.2, 0.25) is 0 Å². The van der Waals surface area contributed by atoms with E-state index in [1.807, 2.05) is 11.8 Å². The SMILES string of the molecule is CC[C@H](CO)NCCCCSC. The van der Waals surface area contributed by atoms with Crippen LogP contribution >= 0.6 is 11.8 Å². The van der Waals surface area contributed by atoms with E-state index in [0.717, 1.165) is 13.0 Å². The average molecular weight is 191 g/mol. The first-order valence-corrected chi connectivity index (χ1v) is 6.07. The van der Waals surface area contributed by atoms with E-state index in [9.17, 15) is 0 Å². The molecule has 0 heterocycles. The molecule has 0 aliphatic carbocycles. The highest BCUT2D eigenvalue weighted by Crippen LogP contribution is 1.98. The largest absolute Gasteiger partial charge is 0.395 e. The van der Waals surface area contributed by atoms with Crippen molar-refractivity contribution in [2.45, 2.75) is 32.2 Å². The van der Waals surface area contributed by atoms with Crippen molar-refractivity contribution < 1.29 is 5.11 Å². The first kappa shape index (κ1) is 12.3. The summed E-state index contributed by atoms with van der Waals surface area (Å²) in [5.74, 6) is 1.25. The van der Waals surface area contributed by atoms with E-state index >= 15 is 0 Å². The molecule has 0 amide bonds. The summed E-state index contributed by atoms with van der Waals surface area (Å²) < 4.78 is 0. The zero-order valence-electron chi connectivity index (χ0n) is 8.18. The van der Waals surface area contributed by atoms with Crippen LogP contribution in [0.5, 0.6) is 0 Å². The number of thioether (sulfide) groups is 1. The summed E-state index contributed by atoms with van der Waals surface area (Å²) in [5, 5.41) is 12.2. The van der Waals surface area contributed by atoms with Crippen LogP contribution in [0.1, 0.15) is 26.2 Å². The molecule has 0 saturated heterocycles. The standard InChI is InChI=1S/C9H21NOS/c1-3-9(8-11)10-6-4-5-7-12-2/h9-11H,3-8H2,1-2H3/t9-/m1/s1. The first-order chi connectivity index (χ1) is 5.85. The molecule has 2 N–H and O–H groups in total. The molecule has 0 aliphatic rings. The van der Waals surface area contributed by atoms with Crippen molar-refractivity contribution in [3.63, 3.8) is 0 Å². The van der Waals surface area contributed by atoms with Crippen molar-refractivity contribution in [3.8, 4) is 0 Å². The Morgan fingerprint density at radius 1 is 1.42 bits per heavy atom. The van der Waals surface area contributed by atoms with Gasteiger partial charge in [0.15, 0.2) is 0 Å². The third-order valence-electron chi connectivity index (χ3n) is 1.92. The molecule has 2 nitrogen and oxygen atoms in total. The smallest absolute Gasteiger partial charge is 0.0584 e. The summed E-state index contributed by atoms with van der Waals surface area (Å²) in [6.45, 7) is 3.40. The summed E-state index contributed by atoms with van der Waals surface area (Å²) in [6, 6.07) is 0.305. The van der Waals surface area contributed by atoms with Crippen molar-refractivity contribution in [2.75, 3.05) is 25.2 Å². The van der Waals surface area contributed by atoms with E-state index in [0.29, 0.717) is 6.04 Å². The fourth-order valence-corrected chi connectivity index (χ4v) is 1.51. The van der Waals surface area contributed by atoms with Crippen molar-refractivity contribution in [3.05, 3.63) is 0 Å². The van der Waals surface area contributed by atoms with Crippen LogP contribution < -0.4 is 5.32 Å². The maximum Gasteiger partial charge on any atom is 0.0584 e. The van der Waals surface area contributed by atoms with Gasteiger partial charge in [-0.25, -0.2) is 0 Å². The molecule has 74 valence electrons. The molecule has 0 radical (unpaired) electrons. The van der Waals surface area contributed by atoms with Crippen molar-refractivity contribution >= 4 is 11.8 Å². The summed E-state index contributed by atoms with van der Waals surface area (Å²) in [7, 11) is 0. The Morgan fingerprint density at radius 2 is 2.17 bits per heavy atom. The Balaban J connectivity index is 3.06. The van der Waals surface area contributed by atoms with Crippen molar-refractivity contribution in [2.24, 2.45) is 0 Å². The lowest BCUT2D eigenvalue weighted by Gasteiger charge is -2.13. The van der Waals surface area contributed by atoms with Gasteiger partial charge in [-0.05, 0) is 37.8 Å². The average Bonchev–Trinajstić information content (AvgIpc) is 2.11. The molecule has 1 atom stereocenters. The van der Waals surface area contributed by atoms with Gasteiger partial charge in [0.05, 0.1) is 6.61 Å². The van der Waals surface area contributed by atoms with Gasteiger partial charge in [0.25, 0.3) is 0 Å². The lowest BCUT2D eigenvalue weighted by atomic mass is 10.2. The van der Waals surface area contributed by atoms with Crippen LogP contribution in [0.2, 0.25) is 0 Å². The molecule has 12 heavy (non-hydrogen) atoms. The van der Waals surface area contributed by atoms with E-state index in [1.165, 1.54) is 18.6 Å². The van der Waals surface area contributed by atoms with Gasteiger partial charge in [-0.1, -0.05) is 6.92 Å². The highest BCUT2D eigenvalue weighted by Gasteiger charge is 2.00. The molecule has 0 aromatic heterocycles. The highest BCUT2D eigenvalue weighted by molar-refractivity contribution is 7.98. The number of rotatable bonds is 8. The molecular weight excluding hydrogens is 170 g/mol. The number of hydrogen-bond donors (Lipinski definition) is 2. The maximum absolute atomic E-state index is 8.86. The number of hydrogen-bond acceptors (Lipinski definition) is 3. The minimum atomic E-state index is 0.263. The lowest BCUT2D eigenvalue weighted by Crippen LogP contribution is -2.32. The zero-order chi connectivity index (χ0) is 9.23. The summed E-state index contributed by atoms with van der Waals surface area (Å²) in [4.78, 5) is 0. The van der Waals surface area contributed by atoms with E-state index in [4.69, 9.17) is 5.11 Å². The zero-order valence-corrected chi connectivity index (χ0v) is 8.99. The van der Waals surface area contributed by atoms with Crippen molar-refractivity contribution in [1.82, 2.24) is 5.32 Å². The number of aliphatic hydroxyl groups is 1. The maximum atomic E-state index is 8.86. The monoisotopic (exact) mass is 191 g/mol. The third-order valence-corrected chi connectivity index (χ3v) is 2.62. The number of aliphatic hydroxyl groups excluding tert-OH is 1. The number of nitrogens with one attached hydrogen (secondary N) is 1. The molecule has 0 spiro atoms. The van der Waals surface area contributed by atoms with Gasteiger partial charge >= 0.3 is 0 Å². The van der Waals surface area contributed by atoms with Gasteiger partial charge in [0, 0.05) is 6.04 Å².